The van der Waals surface area contributed by atoms with E-state index in [-0.39, 0.29) is 229 Å². The predicted molar refractivity (Wildman–Crippen MR) is 54.0 cm³/mol. The molecule has 0 aromatic carbocycles. The summed E-state index contributed by atoms with van der Waals surface area (Å²) in [7, 11) is 0. The fourth-order valence-electron chi connectivity index (χ4n) is 0.577. The summed E-state index contributed by atoms with van der Waals surface area (Å²) in [4.78, 5) is 0. The summed E-state index contributed by atoms with van der Waals surface area (Å²) in [5.41, 5.74) is 0. The van der Waals surface area contributed by atoms with E-state index < -0.39 is 0 Å². The van der Waals surface area contributed by atoms with Crippen LogP contribution in [0, 0.1) is 24.2 Å². The molecule has 0 heterocycles. The zero-order chi connectivity index (χ0) is 9.44. The Morgan fingerprint density at radius 2 is 0.722 bits per heavy atom. The average Bonchev–Trinajstić information content (AvgIpc) is 1.87. The maximum Gasteiger partial charge on any atom is 0 e. The van der Waals surface area contributed by atoms with Crippen LogP contribution in [0.3, 0.4) is 0 Å². The summed E-state index contributed by atoms with van der Waals surface area (Å²) >= 11 is 0. The summed E-state index contributed by atoms with van der Waals surface area (Å²) < 4.78 is 0. The molecule has 0 fully saturated rings. The van der Waals surface area contributed by atoms with Gasteiger partial charge in [0.25, 0.3) is 0 Å². The fraction of sp³-hybridized carbons (Fsp3) is 0.727. The smallest absolute Gasteiger partial charge is 0 e. The minimum Gasteiger partial charge on any atom is -0.346 e. The molecule has 7 heteroatoms. The fourth-order valence-corrected chi connectivity index (χ4v) is 0.577. The molecule has 0 aliphatic carbocycles. The van der Waals surface area contributed by atoms with Gasteiger partial charge in [0, 0.05) is 229 Å². The zero-order valence-corrected chi connectivity index (χ0v) is 33.1. The molecule has 0 spiro atoms. The van der Waals surface area contributed by atoms with Crippen LogP contribution in [-0.2, 0) is 229 Å². The Kier molecular flexibility index (Phi) is 138. The molecule has 0 aliphatic heterocycles. The molecular formula is C11H23Y7-3. The van der Waals surface area contributed by atoms with Crippen LogP contribution < -0.4 is 0 Å². The molecule has 0 aliphatic rings. The van der Waals surface area contributed by atoms with Crippen LogP contribution >= 0.6 is 0 Å². The normalized spacial score (nSPS) is 6.33. The van der Waals surface area contributed by atoms with Crippen LogP contribution in [0.4, 0.5) is 0 Å². The van der Waals surface area contributed by atoms with Crippen molar-refractivity contribution in [2.45, 2.75) is 48.5 Å². The molecule has 18 heavy (non-hydrogen) atoms. The number of hydrogen-bond donors (Lipinski definition) is 0. The molecule has 91 valence electrons. The molecule has 0 aromatic heterocycles. The van der Waals surface area contributed by atoms with E-state index in [0.29, 0.717) is 5.92 Å². The second kappa shape index (κ2) is 44.3. The molecule has 0 rings (SSSR count). The van der Waals surface area contributed by atoms with Gasteiger partial charge in [0.1, 0.15) is 0 Å². The van der Waals surface area contributed by atoms with Crippen molar-refractivity contribution in [1.82, 2.24) is 0 Å². The van der Waals surface area contributed by atoms with Crippen molar-refractivity contribution >= 4 is 0 Å². The molecule has 0 saturated carbocycles. The van der Waals surface area contributed by atoms with E-state index >= 15 is 0 Å². The van der Waals surface area contributed by atoms with E-state index in [1.54, 1.807) is 0 Å². The second-order valence-corrected chi connectivity index (χ2v) is 3.45. The van der Waals surface area contributed by atoms with E-state index in [0.717, 1.165) is 0 Å². The molecule has 0 unspecified atom stereocenters. The summed E-state index contributed by atoms with van der Waals surface area (Å²) in [6, 6.07) is 0. The summed E-state index contributed by atoms with van der Waals surface area (Å²) in [5, 5.41) is 0. The van der Waals surface area contributed by atoms with Gasteiger partial charge < -0.3 is 18.3 Å². The van der Waals surface area contributed by atoms with Gasteiger partial charge in [-0.15, -0.1) is 6.92 Å². The van der Waals surface area contributed by atoms with Crippen molar-refractivity contribution in [3.05, 3.63) is 18.3 Å². The third kappa shape index (κ3) is 49.5. The van der Waals surface area contributed by atoms with Crippen LogP contribution in [0.2, 0.25) is 0 Å². The Hall–Kier alpha value is 7.73. The molecule has 0 nitrogen and oxygen atoms in total. The van der Waals surface area contributed by atoms with Gasteiger partial charge in [-0.25, -0.2) is 0 Å². The average molecular weight is 778 g/mol. The quantitative estimate of drug-likeness (QED) is 0.372. The standard InChI is InChI=1S/C8H16.C3H7.7Y/c1-6(2)8(5)7(3)4;1-3-2;;;;;;;/h8H,1-5H3;3H,1-2H3;;;;;;;/q-2;-1;;;;;;;. The van der Waals surface area contributed by atoms with Gasteiger partial charge in [0.05, 0.1) is 0 Å². The molecule has 0 bridgehead atoms. The van der Waals surface area contributed by atoms with Gasteiger partial charge >= 0.3 is 0 Å². The van der Waals surface area contributed by atoms with Crippen molar-refractivity contribution in [2.75, 3.05) is 0 Å². The third-order valence-corrected chi connectivity index (χ3v) is 1.73. The van der Waals surface area contributed by atoms with Crippen molar-refractivity contribution in [3.8, 4) is 0 Å². The van der Waals surface area contributed by atoms with Gasteiger partial charge in [-0.05, 0) is 0 Å². The Balaban J connectivity index is -0.0000000107. The van der Waals surface area contributed by atoms with Gasteiger partial charge in [-0.2, -0.15) is 41.5 Å². The largest absolute Gasteiger partial charge is 0.346 e. The molecule has 0 N–H and O–H groups in total. The topological polar surface area (TPSA) is 0 Å². The predicted octanol–water partition coefficient (Wildman–Crippen LogP) is 4.06. The maximum atomic E-state index is 2.24. The Bertz CT molecular complexity index is 71.8. The van der Waals surface area contributed by atoms with E-state index in [2.05, 4.69) is 34.6 Å². The Labute approximate surface area is 293 Å². The van der Waals surface area contributed by atoms with Crippen molar-refractivity contribution < 1.29 is 229 Å². The van der Waals surface area contributed by atoms with Crippen molar-refractivity contribution in [1.29, 1.82) is 0 Å². The van der Waals surface area contributed by atoms with E-state index in [1.807, 2.05) is 20.3 Å². The summed E-state index contributed by atoms with van der Waals surface area (Å²) in [6.07, 6.45) is 2.00. The molecule has 0 atom stereocenters. The Morgan fingerprint density at radius 3 is 0.722 bits per heavy atom. The third-order valence-electron chi connectivity index (χ3n) is 1.73. The van der Waals surface area contributed by atoms with Crippen LogP contribution in [-0.4, -0.2) is 0 Å². The van der Waals surface area contributed by atoms with Gasteiger partial charge in [0.15, 0.2) is 0 Å². The molecule has 0 saturated heterocycles. The van der Waals surface area contributed by atoms with E-state index in [9.17, 15) is 0 Å². The summed E-state index contributed by atoms with van der Waals surface area (Å²) in [6.45, 7) is 15.0. The monoisotopic (exact) mass is 778 g/mol. The van der Waals surface area contributed by atoms with Crippen LogP contribution in [0.25, 0.3) is 0 Å². The number of hydrogen-bond acceptors (Lipinski definition) is 0. The van der Waals surface area contributed by atoms with E-state index in [4.69, 9.17) is 0 Å². The minimum absolute atomic E-state index is 0. The second-order valence-electron chi connectivity index (χ2n) is 3.45. The first-order valence-electron chi connectivity index (χ1n) is 4.31. The first-order valence-corrected chi connectivity index (χ1v) is 4.31. The van der Waals surface area contributed by atoms with Crippen molar-refractivity contribution in [2.24, 2.45) is 5.92 Å². The van der Waals surface area contributed by atoms with Crippen molar-refractivity contribution in [3.63, 3.8) is 0 Å². The van der Waals surface area contributed by atoms with Crippen LogP contribution in [0.5, 0.6) is 0 Å². The zero-order valence-electron chi connectivity index (χ0n) is 13.2. The Morgan fingerprint density at radius 1 is 0.611 bits per heavy atom. The number of rotatable bonds is 2. The van der Waals surface area contributed by atoms with Gasteiger partial charge in [0.2, 0.25) is 0 Å². The first-order chi connectivity index (χ1) is 4.97. The maximum absolute atomic E-state index is 2.24. The molecular weight excluding hydrogens is 754 g/mol. The first kappa shape index (κ1) is 56.2. The molecule has 7 radical (unpaired) electrons. The van der Waals surface area contributed by atoms with E-state index in [1.165, 1.54) is 11.8 Å². The minimum atomic E-state index is 0. The molecule has 0 amide bonds. The van der Waals surface area contributed by atoms with Gasteiger partial charge in [-0.1, -0.05) is 0 Å². The summed E-state index contributed by atoms with van der Waals surface area (Å²) in [5.74, 6) is 3.71. The van der Waals surface area contributed by atoms with Crippen LogP contribution in [0.1, 0.15) is 48.5 Å². The van der Waals surface area contributed by atoms with Crippen LogP contribution in [0.15, 0.2) is 0 Å². The SMILES string of the molecule is C[C-](C)C(C)[C-](C)C.C[CH-]C.[Y].[Y].[Y].[Y].[Y].[Y].[Y]. The van der Waals surface area contributed by atoms with Gasteiger partial charge in [-0.3, -0.25) is 5.92 Å². The molecule has 0 aromatic rings.